The van der Waals surface area contributed by atoms with Gasteiger partial charge in [0.15, 0.2) is 0 Å². The fourth-order valence-electron chi connectivity index (χ4n) is 2.49. The second-order valence-electron chi connectivity index (χ2n) is 6.66. The minimum absolute atomic E-state index is 0.0228. The number of carbonyl (C=O) groups is 2. The maximum atomic E-state index is 12.6. The van der Waals surface area contributed by atoms with E-state index in [4.69, 9.17) is 0 Å². The highest BCUT2D eigenvalue weighted by molar-refractivity contribution is 5.88. The Kier molecular flexibility index (Phi) is 7.35. The lowest BCUT2D eigenvalue weighted by Gasteiger charge is -2.34. The van der Waals surface area contributed by atoms with Crippen molar-refractivity contribution >= 4 is 11.6 Å². The van der Waals surface area contributed by atoms with E-state index >= 15 is 0 Å². The Hall–Kier alpha value is -0.960. The van der Waals surface area contributed by atoms with Crippen LogP contribution in [0.3, 0.4) is 0 Å². The van der Waals surface area contributed by atoms with Gasteiger partial charge in [-0.25, -0.2) is 0 Å². The summed E-state index contributed by atoms with van der Waals surface area (Å²) in [5, 5.41) is 10.1. The molecular weight excluding hydrogens is 252 g/mol. The Morgan fingerprint density at radius 2 is 1.75 bits per heavy atom. The van der Waals surface area contributed by atoms with Crippen LogP contribution in [0.5, 0.6) is 0 Å². The molecule has 0 aliphatic rings. The predicted octanol–water partition coefficient (Wildman–Crippen LogP) is 3.41. The number of carbonyl (C=O) groups excluding carboxylic acids is 2. The van der Waals surface area contributed by atoms with Crippen LogP contribution < -0.4 is 0 Å². The molecule has 4 atom stereocenters. The summed E-state index contributed by atoms with van der Waals surface area (Å²) in [6, 6.07) is 0. The molecule has 0 aliphatic heterocycles. The van der Waals surface area contributed by atoms with Crippen molar-refractivity contribution < 1.29 is 14.7 Å². The van der Waals surface area contributed by atoms with Gasteiger partial charge in [0.25, 0.3) is 0 Å². The van der Waals surface area contributed by atoms with Gasteiger partial charge in [-0.05, 0) is 25.2 Å². The highest BCUT2D eigenvalue weighted by Gasteiger charge is 2.40. The zero-order chi connectivity index (χ0) is 16.1. The second-order valence-corrected chi connectivity index (χ2v) is 6.66. The van der Waals surface area contributed by atoms with Crippen LogP contribution in [0.4, 0.5) is 0 Å². The van der Waals surface area contributed by atoms with E-state index in [0.717, 1.165) is 6.42 Å². The van der Waals surface area contributed by atoms with Crippen molar-refractivity contribution in [1.29, 1.82) is 0 Å². The summed E-state index contributed by atoms with van der Waals surface area (Å²) in [4.78, 5) is 23.8. The zero-order valence-electron chi connectivity index (χ0n) is 13.8. The summed E-state index contributed by atoms with van der Waals surface area (Å²) in [6.07, 6.45) is 1.85. The lowest BCUT2D eigenvalue weighted by Crippen LogP contribution is -2.43. The highest BCUT2D eigenvalue weighted by atomic mass is 16.3. The second kappa shape index (κ2) is 7.72. The minimum Gasteiger partial charge on any atom is -0.392 e. The first-order valence-electron chi connectivity index (χ1n) is 7.38. The SMILES string of the molecule is C=CC[C@H](C)[C@H](C)[C@@H](C)C(=O)C(C)(C)[C@@H](O)CC(C)=O. The number of aliphatic hydroxyl groups excluding tert-OH is 1. The number of rotatable bonds is 9. The molecule has 0 heterocycles. The van der Waals surface area contributed by atoms with Crippen molar-refractivity contribution in [2.75, 3.05) is 0 Å². The van der Waals surface area contributed by atoms with E-state index in [1.807, 2.05) is 13.0 Å². The van der Waals surface area contributed by atoms with Crippen LogP contribution in [0.1, 0.15) is 54.4 Å². The maximum absolute atomic E-state index is 12.6. The minimum atomic E-state index is -0.920. The van der Waals surface area contributed by atoms with Gasteiger partial charge in [-0.2, -0.15) is 0 Å². The van der Waals surface area contributed by atoms with E-state index in [0.29, 0.717) is 5.92 Å². The number of Topliss-reactive ketones (excluding diaryl/α,β-unsaturated/α-hetero) is 2. The van der Waals surface area contributed by atoms with E-state index < -0.39 is 11.5 Å². The lowest BCUT2D eigenvalue weighted by atomic mass is 9.70. The summed E-state index contributed by atoms with van der Waals surface area (Å²) < 4.78 is 0. The molecule has 0 aromatic rings. The molecule has 0 aromatic carbocycles. The quantitative estimate of drug-likeness (QED) is 0.659. The van der Waals surface area contributed by atoms with Gasteiger partial charge >= 0.3 is 0 Å². The Balaban J connectivity index is 4.93. The van der Waals surface area contributed by atoms with Crippen LogP contribution in [0.2, 0.25) is 0 Å². The van der Waals surface area contributed by atoms with Crippen LogP contribution in [0.15, 0.2) is 12.7 Å². The first-order valence-corrected chi connectivity index (χ1v) is 7.38. The van der Waals surface area contributed by atoms with Gasteiger partial charge in [0.1, 0.15) is 11.6 Å². The molecule has 0 bridgehead atoms. The molecule has 3 nitrogen and oxygen atoms in total. The summed E-state index contributed by atoms with van der Waals surface area (Å²) in [5.74, 6) is 0.354. The molecule has 0 radical (unpaired) electrons. The summed E-state index contributed by atoms with van der Waals surface area (Å²) in [6.45, 7) is 14.7. The van der Waals surface area contributed by atoms with Gasteiger partial charge in [0.2, 0.25) is 0 Å². The standard InChI is InChI=1S/C17H30O3/c1-8-9-11(2)13(4)14(5)16(20)17(6,7)15(19)10-12(3)18/h8,11,13-15,19H,1,9-10H2,2-7H3/t11-,13-,14+,15-/m0/s1. The number of aliphatic hydroxyl groups is 1. The van der Waals surface area contributed by atoms with Crippen LogP contribution in [-0.2, 0) is 9.59 Å². The largest absolute Gasteiger partial charge is 0.392 e. The van der Waals surface area contributed by atoms with Crippen molar-refractivity contribution in [3.8, 4) is 0 Å². The Bertz CT molecular complexity index is 357. The molecule has 0 fully saturated rings. The Morgan fingerprint density at radius 1 is 1.25 bits per heavy atom. The number of hydrogen-bond acceptors (Lipinski definition) is 3. The molecule has 0 aromatic heterocycles. The van der Waals surface area contributed by atoms with Gasteiger partial charge in [-0.15, -0.1) is 6.58 Å². The molecular formula is C17H30O3. The number of allylic oxidation sites excluding steroid dienone is 1. The monoisotopic (exact) mass is 282 g/mol. The van der Waals surface area contributed by atoms with E-state index in [1.165, 1.54) is 6.92 Å². The Labute approximate surface area is 123 Å². The average molecular weight is 282 g/mol. The molecule has 0 spiro atoms. The maximum Gasteiger partial charge on any atom is 0.144 e. The smallest absolute Gasteiger partial charge is 0.144 e. The summed E-state index contributed by atoms with van der Waals surface area (Å²) in [5.41, 5.74) is -0.896. The molecule has 0 saturated carbocycles. The van der Waals surface area contributed by atoms with Gasteiger partial charge in [0.05, 0.1) is 6.10 Å². The average Bonchev–Trinajstić information content (AvgIpc) is 2.35. The fourth-order valence-corrected chi connectivity index (χ4v) is 2.49. The van der Waals surface area contributed by atoms with Crippen molar-refractivity contribution in [3.05, 3.63) is 12.7 Å². The van der Waals surface area contributed by atoms with Crippen molar-refractivity contribution in [3.63, 3.8) is 0 Å². The van der Waals surface area contributed by atoms with E-state index in [1.54, 1.807) is 13.8 Å². The molecule has 0 unspecified atom stereocenters. The van der Waals surface area contributed by atoms with Crippen LogP contribution in [0.25, 0.3) is 0 Å². The molecule has 0 amide bonds. The lowest BCUT2D eigenvalue weighted by molar-refractivity contribution is -0.140. The third-order valence-corrected chi connectivity index (χ3v) is 4.59. The van der Waals surface area contributed by atoms with Crippen LogP contribution in [0, 0.1) is 23.2 Å². The predicted molar refractivity (Wildman–Crippen MR) is 82.4 cm³/mol. The molecule has 0 saturated heterocycles. The third-order valence-electron chi connectivity index (χ3n) is 4.59. The van der Waals surface area contributed by atoms with Crippen LogP contribution >= 0.6 is 0 Å². The van der Waals surface area contributed by atoms with Crippen LogP contribution in [-0.4, -0.2) is 22.8 Å². The van der Waals surface area contributed by atoms with Crippen molar-refractivity contribution in [1.82, 2.24) is 0 Å². The van der Waals surface area contributed by atoms with E-state index in [2.05, 4.69) is 20.4 Å². The Morgan fingerprint density at radius 3 is 2.15 bits per heavy atom. The van der Waals surface area contributed by atoms with Gasteiger partial charge in [-0.1, -0.05) is 40.7 Å². The van der Waals surface area contributed by atoms with Gasteiger partial charge < -0.3 is 5.11 Å². The normalized spacial score (nSPS) is 17.9. The van der Waals surface area contributed by atoms with Crippen molar-refractivity contribution in [2.24, 2.45) is 23.2 Å². The number of ketones is 2. The summed E-state index contributed by atoms with van der Waals surface area (Å²) in [7, 11) is 0. The third kappa shape index (κ3) is 4.86. The highest BCUT2D eigenvalue weighted by Crippen LogP contribution is 2.33. The molecule has 116 valence electrons. The van der Waals surface area contributed by atoms with E-state index in [-0.39, 0.29) is 29.8 Å². The fraction of sp³-hybridized carbons (Fsp3) is 0.765. The molecule has 1 N–H and O–H groups in total. The van der Waals surface area contributed by atoms with Crippen molar-refractivity contribution in [2.45, 2.75) is 60.5 Å². The van der Waals surface area contributed by atoms with Gasteiger partial charge in [0, 0.05) is 17.8 Å². The van der Waals surface area contributed by atoms with E-state index in [9.17, 15) is 14.7 Å². The first kappa shape index (κ1) is 19.0. The molecule has 0 rings (SSSR count). The molecule has 3 heteroatoms. The zero-order valence-corrected chi connectivity index (χ0v) is 13.8. The number of hydrogen-bond donors (Lipinski definition) is 1. The molecule has 20 heavy (non-hydrogen) atoms. The topological polar surface area (TPSA) is 54.4 Å². The summed E-state index contributed by atoms with van der Waals surface area (Å²) >= 11 is 0. The molecule has 0 aliphatic carbocycles. The first-order chi connectivity index (χ1) is 9.05. The van der Waals surface area contributed by atoms with Gasteiger partial charge in [-0.3, -0.25) is 9.59 Å².